The standard InChI is InChI=1S/C20H30N4O2/c1-5-20(21,6-2)14-22-19(25)18-17(26-13-15(3)4)12-24(23-18)16-10-8-7-9-11-16/h7-12,15H,5-6,13-14,21H2,1-4H3,(H,22,25). The highest BCUT2D eigenvalue weighted by Crippen LogP contribution is 2.21. The van der Waals surface area contributed by atoms with Gasteiger partial charge in [0, 0.05) is 12.1 Å². The van der Waals surface area contributed by atoms with E-state index in [1.54, 1.807) is 10.9 Å². The minimum absolute atomic E-state index is 0.268. The summed E-state index contributed by atoms with van der Waals surface area (Å²) in [5.41, 5.74) is 7.03. The quantitative estimate of drug-likeness (QED) is 0.721. The maximum absolute atomic E-state index is 12.7. The molecular weight excluding hydrogens is 328 g/mol. The fraction of sp³-hybridized carbons (Fsp3) is 0.500. The molecule has 3 N–H and O–H groups in total. The van der Waals surface area contributed by atoms with Crippen LogP contribution in [0.5, 0.6) is 5.75 Å². The molecule has 0 unspecified atom stereocenters. The summed E-state index contributed by atoms with van der Waals surface area (Å²) in [6.45, 7) is 9.10. The third kappa shape index (κ3) is 5.08. The average molecular weight is 358 g/mol. The average Bonchev–Trinajstić information content (AvgIpc) is 3.09. The first-order chi connectivity index (χ1) is 12.4. The van der Waals surface area contributed by atoms with E-state index in [9.17, 15) is 4.79 Å². The van der Waals surface area contributed by atoms with Crippen LogP contribution in [0.4, 0.5) is 0 Å². The van der Waals surface area contributed by atoms with Gasteiger partial charge in [0.2, 0.25) is 0 Å². The van der Waals surface area contributed by atoms with Gasteiger partial charge in [0.15, 0.2) is 11.4 Å². The Balaban J connectivity index is 2.24. The molecule has 0 spiro atoms. The van der Waals surface area contributed by atoms with Crippen molar-refractivity contribution in [3.05, 3.63) is 42.2 Å². The molecule has 1 aromatic heterocycles. The fourth-order valence-electron chi connectivity index (χ4n) is 2.43. The Morgan fingerprint density at radius 2 is 1.92 bits per heavy atom. The lowest BCUT2D eigenvalue weighted by Gasteiger charge is -2.26. The van der Waals surface area contributed by atoms with E-state index >= 15 is 0 Å². The second-order valence-corrected chi connectivity index (χ2v) is 7.08. The molecule has 0 aliphatic heterocycles. The number of hydrogen-bond acceptors (Lipinski definition) is 4. The van der Waals surface area contributed by atoms with Gasteiger partial charge in [-0.05, 0) is 30.9 Å². The molecule has 1 heterocycles. The SMILES string of the molecule is CCC(N)(CC)CNC(=O)c1nn(-c2ccccc2)cc1OCC(C)C. The molecule has 2 rings (SSSR count). The molecule has 0 bridgehead atoms. The van der Waals surface area contributed by atoms with Gasteiger partial charge in [-0.15, -0.1) is 0 Å². The van der Waals surface area contributed by atoms with Crippen molar-refractivity contribution in [2.24, 2.45) is 11.7 Å². The smallest absolute Gasteiger partial charge is 0.275 e. The minimum atomic E-state index is -0.406. The monoisotopic (exact) mass is 358 g/mol. The molecule has 0 atom stereocenters. The third-order valence-electron chi connectivity index (χ3n) is 4.50. The summed E-state index contributed by atoms with van der Waals surface area (Å²) in [4.78, 5) is 12.7. The zero-order valence-corrected chi connectivity index (χ0v) is 16.2. The summed E-state index contributed by atoms with van der Waals surface area (Å²) in [5.74, 6) is 0.564. The van der Waals surface area contributed by atoms with Crippen molar-refractivity contribution >= 4 is 5.91 Å². The molecule has 1 aromatic carbocycles. The number of benzene rings is 1. The largest absolute Gasteiger partial charge is 0.489 e. The number of rotatable bonds is 9. The predicted octanol–water partition coefficient (Wildman–Crippen LogP) is 3.15. The molecule has 0 saturated heterocycles. The first-order valence-electron chi connectivity index (χ1n) is 9.23. The lowest BCUT2D eigenvalue weighted by atomic mass is 9.94. The second-order valence-electron chi connectivity index (χ2n) is 7.08. The predicted molar refractivity (Wildman–Crippen MR) is 104 cm³/mol. The van der Waals surface area contributed by atoms with Crippen LogP contribution < -0.4 is 15.8 Å². The Hall–Kier alpha value is -2.34. The van der Waals surface area contributed by atoms with E-state index < -0.39 is 5.54 Å². The van der Waals surface area contributed by atoms with E-state index in [1.807, 2.05) is 44.2 Å². The third-order valence-corrected chi connectivity index (χ3v) is 4.50. The topological polar surface area (TPSA) is 82.2 Å². The summed E-state index contributed by atoms with van der Waals surface area (Å²) < 4.78 is 7.50. The number of hydrogen-bond donors (Lipinski definition) is 2. The highest BCUT2D eigenvalue weighted by Gasteiger charge is 2.24. The number of nitrogens with one attached hydrogen (secondary N) is 1. The van der Waals surface area contributed by atoms with Crippen LogP contribution in [-0.2, 0) is 0 Å². The zero-order valence-electron chi connectivity index (χ0n) is 16.2. The number of para-hydroxylation sites is 1. The number of carbonyl (C=O) groups excluding carboxylic acids is 1. The minimum Gasteiger partial charge on any atom is -0.489 e. The first kappa shape index (κ1) is 20.0. The molecule has 142 valence electrons. The normalized spacial score (nSPS) is 11.6. The Morgan fingerprint density at radius 1 is 1.27 bits per heavy atom. The lowest BCUT2D eigenvalue weighted by Crippen LogP contribution is -2.49. The van der Waals surface area contributed by atoms with E-state index in [-0.39, 0.29) is 11.6 Å². The van der Waals surface area contributed by atoms with Crippen molar-refractivity contribution in [3.63, 3.8) is 0 Å². The Kier molecular flexibility index (Phi) is 6.80. The summed E-state index contributed by atoms with van der Waals surface area (Å²) in [6.07, 6.45) is 3.33. The van der Waals surface area contributed by atoms with Crippen LogP contribution in [0, 0.1) is 5.92 Å². The van der Waals surface area contributed by atoms with Crippen LogP contribution in [0.2, 0.25) is 0 Å². The summed E-state index contributed by atoms with van der Waals surface area (Å²) in [7, 11) is 0. The molecule has 1 amide bonds. The number of ether oxygens (including phenoxy) is 1. The van der Waals surface area contributed by atoms with E-state index in [1.165, 1.54) is 0 Å². The van der Waals surface area contributed by atoms with Gasteiger partial charge in [0.25, 0.3) is 5.91 Å². The summed E-state index contributed by atoms with van der Waals surface area (Å²) >= 11 is 0. The fourth-order valence-corrected chi connectivity index (χ4v) is 2.43. The zero-order chi connectivity index (χ0) is 19.2. The number of nitrogens with two attached hydrogens (primary N) is 1. The molecule has 6 nitrogen and oxygen atoms in total. The van der Waals surface area contributed by atoms with Crippen molar-refractivity contribution in [1.29, 1.82) is 0 Å². The van der Waals surface area contributed by atoms with Crippen LogP contribution in [0.3, 0.4) is 0 Å². The van der Waals surface area contributed by atoms with Crippen molar-refractivity contribution in [3.8, 4) is 11.4 Å². The summed E-state index contributed by atoms with van der Waals surface area (Å²) in [6, 6.07) is 9.65. The van der Waals surface area contributed by atoms with Gasteiger partial charge in [0.1, 0.15) is 0 Å². The van der Waals surface area contributed by atoms with Crippen molar-refractivity contribution in [2.45, 2.75) is 46.1 Å². The molecular formula is C20H30N4O2. The van der Waals surface area contributed by atoms with Gasteiger partial charge < -0.3 is 15.8 Å². The number of aromatic nitrogens is 2. The molecule has 0 aliphatic carbocycles. The molecule has 0 fully saturated rings. The van der Waals surface area contributed by atoms with Crippen LogP contribution in [-0.4, -0.2) is 34.4 Å². The Labute approximate surface area is 155 Å². The maximum Gasteiger partial charge on any atom is 0.275 e. The lowest BCUT2D eigenvalue weighted by molar-refractivity contribution is 0.0932. The van der Waals surface area contributed by atoms with E-state index in [0.717, 1.165) is 18.5 Å². The molecule has 0 saturated carbocycles. The van der Waals surface area contributed by atoms with Gasteiger partial charge in [-0.3, -0.25) is 4.79 Å². The number of amides is 1. The van der Waals surface area contributed by atoms with E-state index in [2.05, 4.69) is 24.3 Å². The summed E-state index contributed by atoms with van der Waals surface area (Å²) in [5, 5.41) is 7.36. The Morgan fingerprint density at radius 3 is 2.50 bits per heavy atom. The van der Waals surface area contributed by atoms with Gasteiger partial charge in [-0.1, -0.05) is 45.9 Å². The Bertz CT molecular complexity index is 706. The van der Waals surface area contributed by atoms with Gasteiger partial charge in [0.05, 0.1) is 18.5 Å². The first-order valence-corrected chi connectivity index (χ1v) is 9.23. The number of carbonyl (C=O) groups is 1. The highest BCUT2D eigenvalue weighted by molar-refractivity contribution is 5.95. The maximum atomic E-state index is 12.7. The van der Waals surface area contributed by atoms with Gasteiger partial charge in [-0.2, -0.15) is 5.10 Å². The molecule has 0 radical (unpaired) electrons. The molecule has 6 heteroatoms. The van der Waals surface area contributed by atoms with Gasteiger partial charge >= 0.3 is 0 Å². The van der Waals surface area contributed by atoms with Crippen LogP contribution >= 0.6 is 0 Å². The highest BCUT2D eigenvalue weighted by atomic mass is 16.5. The van der Waals surface area contributed by atoms with Crippen LogP contribution in [0.1, 0.15) is 51.0 Å². The van der Waals surface area contributed by atoms with Crippen LogP contribution in [0.15, 0.2) is 36.5 Å². The number of nitrogens with zero attached hydrogens (tertiary/aromatic N) is 2. The van der Waals surface area contributed by atoms with Crippen molar-refractivity contribution in [2.75, 3.05) is 13.2 Å². The van der Waals surface area contributed by atoms with Crippen molar-refractivity contribution in [1.82, 2.24) is 15.1 Å². The van der Waals surface area contributed by atoms with E-state index in [0.29, 0.717) is 24.8 Å². The van der Waals surface area contributed by atoms with Crippen LogP contribution in [0.25, 0.3) is 5.69 Å². The molecule has 26 heavy (non-hydrogen) atoms. The molecule has 2 aromatic rings. The molecule has 0 aliphatic rings. The van der Waals surface area contributed by atoms with Gasteiger partial charge in [-0.25, -0.2) is 4.68 Å². The second kappa shape index (κ2) is 8.85. The van der Waals surface area contributed by atoms with Crippen molar-refractivity contribution < 1.29 is 9.53 Å². The van der Waals surface area contributed by atoms with E-state index in [4.69, 9.17) is 10.5 Å².